The predicted molar refractivity (Wildman–Crippen MR) is 94.9 cm³/mol. The van der Waals surface area contributed by atoms with Crippen molar-refractivity contribution in [3.63, 3.8) is 0 Å². The molecule has 3 rings (SSSR count). The number of aryl methyl sites for hydroxylation is 2. The number of anilines is 2. The molecule has 0 saturated carbocycles. The van der Waals surface area contributed by atoms with E-state index in [1.807, 2.05) is 13.0 Å². The molecule has 1 aliphatic rings. The van der Waals surface area contributed by atoms with E-state index in [9.17, 15) is 4.79 Å². The summed E-state index contributed by atoms with van der Waals surface area (Å²) >= 11 is 0. The van der Waals surface area contributed by atoms with E-state index in [0.717, 1.165) is 30.5 Å². The zero-order chi connectivity index (χ0) is 17.6. The van der Waals surface area contributed by atoms with Crippen LogP contribution in [-0.2, 0) is 0 Å². The number of rotatable bonds is 6. The summed E-state index contributed by atoms with van der Waals surface area (Å²) in [6.45, 7) is 6.77. The van der Waals surface area contributed by atoms with Crippen molar-refractivity contribution in [3.05, 3.63) is 29.4 Å². The molecule has 0 aliphatic carbocycles. The standard InChI is InChI=1S/C17H24N6O2/c1-12-10-14(22-25-12)17(24)19-7-6-18-15-11-16(21-13(2)20-15)23-8-4-3-5-9-23/h10-11H,3-9H2,1-2H3,(H,19,24)(H,18,20,21). The van der Waals surface area contributed by atoms with Crippen LogP contribution in [0.15, 0.2) is 16.7 Å². The zero-order valence-corrected chi connectivity index (χ0v) is 14.7. The Labute approximate surface area is 147 Å². The third kappa shape index (κ3) is 4.68. The van der Waals surface area contributed by atoms with Crippen LogP contribution in [-0.4, -0.2) is 47.2 Å². The third-order valence-electron chi connectivity index (χ3n) is 4.08. The normalized spacial score (nSPS) is 14.4. The van der Waals surface area contributed by atoms with Crippen molar-refractivity contribution in [2.45, 2.75) is 33.1 Å². The van der Waals surface area contributed by atoms with Crippen molar-refractivity contribution in [3.8, 4) is 0 Å². The van der Waals surface area contributed by atoms with E-state index >= 15 is 0 Å². The van der Waals surface area contributed by atoms with Crippen LogP contribution < -0.4 is 15.5 Å². The second-order valence-corrected chi connectivity index (χ2v) is 6.21. The summed E-state index contributed by atoms with van der Waals surface area (Å²) in [5, 5.41) is 9.73. The van der Waals surface area contributed by atoms with Gasteiger partial charge in [0.05, 0.1) is 0 Å². The molecule has 0 spiro atoms. The summed E-state index contributed by atoms with van der Waals surface area (Å²) in [5.74, 6) is 2.86. The summed E-state index contributed by atoms with van der Waals surface area (Å²) in [4.78, 5) is 23.2. The van der Waals surface area contributed by atoms with Gasteiger partial charge in [-0.05, 0) is 33.1 Å². The number of piperidine rings is 1. The molecule has 1 saturated heterocycles. The second kappa shape index (κ2) is 7.96. The van der Waals surface area contributed by atoms with Gasteiger partial charge in [-0.15, -0.1) is 0 Å². The van der Waals surface area contributed by atoms with E-state index in [1.54, 1.807) is 13.0 Å². The number of aromatic nitrogens is 3. The summed E-state index contributed by atoms with van der Waals surface area (Å²) in [7, 11) is 0. The molecule has 0 radical (unpaired) electrons. The molecule has 0 unspecified atom stereocenters. The Hall–Kier alpha value is -2.64. The van der Waals surface area contributed by atoms with Crippen LogP contribution >= 0.6 is 0 Å². The fourth-order valence-corrected chi connectivity index (χ4v) is 2.86. The van der Waals surface area contributed by atoms with E-state index in [4.69, 9.17) is 4.52 Å². The van der Waals surface area contributed by atoms with Crippen LogP contribution in [0.3, 0.4) is 0 Å². The summed E-state index contributed by atoms with van der Waals surface area (Å²) in [6.07, 6.45) is 3.70. The Balaban J connectivity index is 1.51. The number of nitrogens with zero attached hydrogens (tertiary/aromatic N) is 4. The minimum absolute atomic E-state index is 0.244. The fraction of sp³-hybridized carbons (Fsp3) is 0.529. The summed E-state index contributed by atoms with van der Waals surface area (Å²) in [6, 6.07) is 3.59. The molecular formula is C17H24N6O2. The van der Waals surface area contributed by atoms with Gasteiger partial charge in [-0.2, -0.15) is 0 Å². The number of carbonyl (C=O) groups is 1. The van der Waals surface area contributed by atoms with Gasteiger partial charge in [0.2, 0.25) is 0 Å². The van der Waals surface area contributed by atoms with Gasteiger partial charge in [0.25, 0.3) is 5.91 Å². The predicted octanol–water partition coefficient (Wildman–Crippen LogP) is 1.91. The fourth-order valence-electron chi connectivity index (χ4n) is 2.86. The van der Waals surface area contributed by atoms with Crippen LogP contribution in [0.4, 0.5) is 11.6 Å². The number of hydrogen-bond acceptors (Lipinski definition) is 7. The molecule has 25 heavy (non-hydrogen) atoms. The van der Waals surface area contributed by atoms with Gasteiger partial charge in [0, 0.05) is 38.3 Å². The first kappa shape index (κ1) is 17.2. The molecule has 1 aliphatic heterocycles. The molecule has 2 aromatic rings. The zero-order valence-electron chi connectivity index (χ0n) is 14.7. The quantitative estimate of drug-likeness (QED) is 0.773. The molecule has 1 fully saturated rings. The average molecular weight is 344 g/mol. The number of amides is 1. The molecule has 8 heteroatoms. The molecule has 134 valence electrons. The van der Waals surface area contributed by atoms with Crippen molar-refractivity contribution in [1.29, 1.82) is 0 Å². The lowest BCUT2D eigenvalue weighted by atomic mass is 10.1. The number of carbonyl (C=O) groups excluding carboxylic acids is 1. The maximum absolute atomic E-state index is 11.9. The van der Waals surface area contributed by atoms with Crippen LogP contribution in [0.25, 0.3) is 0 Å². The highest BCUT2D eigenvalue weighted by atomic mass is 16.5. The largest absolute Gasteiger partial charge is 0.368 e. The average Bonchev–Trinajstić information content (AvgIpc) is 3.05. The van der Waals surface area contributed by atoms with Crippen molar-refractivity contribution in [2.75, 3.05) is 36.4 Å². The Morgan fingerprint density at radius 3 is 2.68 bits per heavy atom. The van der Waals surface area contributed by atoms with E-state index in [0.29, 0.717) is 24.5 Å². The van der Waals surface area contributed by atoms with Gasteiger partial charge in [-0.1, -0.05) is 5.16 Å². The second-order valence-electron chi connectivity index (χ2n) is 6.21. The van der Waals surface area contributed by atoms with Gasteiger partial charge >= 0.3 is 0 Å². The molecule has 0 aromatic carbocycles. The van der Waals surface area contributed by atoms with E-state index in [2.05, 4.69) is 30.7 Å². The summed E-state index contributed by atoms with van der Waals surface area (Å²) in [5.41, 5.74) is 0.294. The molecule has 0 atom stereocenters. The van der Waals surface area contributed by atoms with Crippen molar-refractivity contribution < 1.29 is 9.32 Å². The maximum atomic E-state index is 11.9. The van der Waals surface area contributed by atoms with Crippen LogP contribution in [0.2, 0.25) is 0 Å². The highest BCUT2D eigenvalue weighted by molar-refractivity contribution is 5.92. The molecule has 1 amide bonds. The van der Waals surface area contributed by atoms with Crippen molar-refractivity contribution >= 4 is 17.5 Å². The Bertz CT molecular complexity index is 724. The first-order valence-corrected chi connectivity index (χ1v) is 8.68. The lowest BCUT2D eigenvalue weighted by Gasteiger charge is -2.28. The Morgan fingerprint density at radius 2 is 1.96 bits per heavy atom. The Kier molecular flexibility index (Phi) is 5.47. The van der Waals surface area contributed by atoms with Gasteiger partial charge in [-0.3, -0.25) is 4.79 Å². The third-order valence-corrected chi connectivity index (χ3v) is 4.08. The lowest BCUT2D eigenvalue weighted by Crippen LogP contribution is -2.31. The number of hydrogen-bond donors (Lipinski definition) is 2. The first-order valence-electron chi connectivity index (χ1n) is 8.68. The topological polar surface area (TPSA) is 96.2 Å². The molecular weight excluding hydrogens is 320 g/mol. The highest BCUT2D eigenvalue weighted by Crippen LogP contribution is 2.20. The SMILES string of the molecule is Cc1nc(NCCNC(=O)c2cc(C)on2)cc(N2CCCCC2)n1. The van der Waals surface area contributed by atoms with E-state index < -0.39 is 0 Å². The lowest BCUT2D eigenvalue weighted by molar-refractivity contribution is 0.0946. The van der Waals surface area contributed by atoms with Gasteiger partial charge in [-0.25, -0.2) is 9.97 Å². The summed E-state index contributed by atoms with van der Waals surface area (Å²) < 4.78 is 4.90. The first-order chi connectivity index (χ1) is 12.1. The van der Waals surface area contributed by atoms with E-state index in [1.165, 1.54) is 19.3 Å². The molecule has 3 heterocycles. The smallest absolute Gasteiger partial charge is 0.273 e. The minimum atomic E-state index is -0.244. The van der Waals surface area contributed by atoms with Crippen molar-refractivity contribution in [2.24, 2.45) is 0 Å². The van der Waals surface area contributed by atoms with E-state index in [-0.39, 0.29) is 5.91 Å². The van der Waals surface area contributed by atoms with Crippen LogP contribution in [0.1, 0.15) is 41.3 Å². The molecule has 2 N–H and O–H groups in total. The van der Waals surface area contributed by atoms with Gasteiger partial charge < -0.3 is 20.1 Å². The van der Waals surface area contributed by atoms with Crippen LogP contribution in [0.5, 0.6) is 0 Å². The van der Waals surface area contributed by atoms with Gasteiger partial charge in [0.1, 0.15) is 23.2 Å². The van der Waals surface area contributed by atoms with Crippen molar-refractivity contribution in [1.82, 2.24) is 20.4 Å². The molecule has 0 bridgehead atoms. The minimum Gasteiger partial charge on any atom is -0.368 e. The maximum Gasteiger partial charge on any atom is 0.273 e. The molecule has 2 aromatic heterocycles. The highest BCUT2D eigenvalue weighted by Gasteiger charge is 2.14. The Morgan fingerprint density at radius 1 is 1.16 bits per heavy atom. The van der Waals surface area contributed by atoms with Crippen LogP contribution in [0, 0.1) is 13.8 Å². The monoisotopic (exact) mass is 344 g/mol. The molecule has 8 nitrogen and oxygen atoms in total. The number of nitrogens with one attached hydrogen (secondary N) is 2. The van der Waals surface area contributed by atoms with Gasteiger partial charge in [0.15, 0.2) is 5.69 Å².